The van der Waals surface area contributed by atoms with E-state index in [0.29, 0.717) is 135 Å². The second kappa shape index (κ2) is 44.5. The molecule has 5 aromatic heterocycles. The van der Waals surface area contributed by atoms with Crippen molar-refractivity contribution in [1.29, 1.82) is 0 Å². The highest BCUT2D eigenvalue weighted by molar-refractivity contribution is 9.10. The predicted octanol–water partition coefficient (Wildman–Crippen LogP) is 15.9. The molecular formula is C107H116Br2Cl2N14O13S. The first-order valence-electron chi connectivity index (χ1n) is 46.9. The van der Waals surface area contributed by atoms with Gasteiger partial charge < -0.3 is 67.5 Å². The van der Waals surface area contributed by atoms with Crippen LogP contribution >= 0.6 is 66.4 Å². The molecule has 0 saturated carbocycles. The van der Waals surface area contributed by atoms with Gasteiger partial charge in [-0.05, 0) is 205 Å². The van der Waals surface area contributed by atoms with Gasteiger partial charge in [-0.2, -0.15) is 0 Å². The number of hydrogen-bond donors (Lipinski definition) is 1. The maximum absolute atomic E-state index is 13.9. The van der Waals surface area contributed by atoms with Gasteiger partial charge in [0.05, 0.1) is 54.0 Å². The third-order valence-electron chi connectivity index (χ3n) is 27.5. The zero-order valence-corrected chi connectivity index (χ0v) is 84.9. The van der Waals surface area contributed by atoms with Crippen LogP contribution in [-0.2, 0) is 90.5 Å². The lowest BCUT2D eigenvalue weighted by molar-refractivity contribution is -0.142. The number of halogens is 4. The minimum Gasteiger partial charge on any atom is -0.496 e. The van der Waals surface area contributed by atoms with Crippen molar-refractivity contribution in [3.8, 4) is 16.9 Å². The molecule has 0 spiro atoms. The molecule has 0 aliphatic carbocycles. The van der Waals surface area contributed by atoms with Gasteiger partial charge in [-0.15, -0.1) is 11.3 Å². The minimum atomic E-state index is -0.213. The van der Waals surface area contributed by atoms with Crippen LogP contribution in [0, 0.1) is 25.7 Å². The molecule has 726 valence electrons. The number of piperidine rings is 1. The second-order valence-electron chi connectivity index (χ2n) is 37.1. The van der Waals surface area contributed by atoms with Gasteiger partial charge in [0.25, 0.3) is 11.8 Å². The number of likely N-dealkylation sites (tertiary alicyclic amines) is 4. The van der Waals surface area contributed by atoms with E-state index in [1.165, 1.54) is 66.5 Å². The number of rotatable bonds is 29. The summed E-state index contributed by atoms with van der Waals surface area (Å²) in [4.78, 5) is 169. The molecule has 1 unspecified atom stereocenters. The van der Waals surface area contributed by atoms with E-state index in [1.807, 2.05) is 123 Å². The third-order valence-corrected chi connectivity index (χ3v) is 30.2. The summed E-state index contributed by atoms with van der Waals surface area (Å²) < 4.78 is 15.0. The zero-order chi connectivity index (χ0) is 99.1. The second-order valence-corrected chi connectivity index (χ2v) is 41.0. The molecule has 32 heteroatoms. The number of aromatic nitrogens is 4. The van der Waals surface area contributed by atoms with Crippen LogP contribution in [0.4, 0.5) is 0 Å². The molecule has 6 aromatic carbocycles. The van der Waals surface area contributed by atoms with Gasteiger partial charge in [-0.3, -0.25) is 62.4 Å². The average Bonchev–Trinajstić information content (AvgIpc) is 1.60. The fraction of sp³-hybridized carbons (Fsp3) is 0.364. The smallest absolute Gasteiger partial charge is 0.256 e. The van der Waals surface area contributed by atoms with E-state index in [1.54, 1.807) is 61.4 Å². The van der Waals surface area contributed by atoms with E-state index in [0.717, 1.165) is 130 Å². The quantitative estimate of drug-likeness (QED) is 0.0337. The Labute approximate surface area is 839 Å². The number of carbonyl (C=O) groups is 12. The molecule has 11 aromatic rings. The summed E-state index contributed by atoms with van der Waals surface area (Å²) >= 11 is 21.2. The van der Waals surface area contributed by atoms with Crippen LogP contribution in [0.3, 0.4) is 0 Å². The number of ether oxygens (including phenoxy) is 1. The Morgan fingerprint density at radius 1 is 0.561 bits per heavy atom. The van der Waals surface area contributed by atoms with Gasteiger partial charge in [0.1, 0.15) is 18.8 Å². The van der Waals surface area contributed by atoms with Gasteiger partial charge in [0.2, 0.25) is 35.4 Å². The van der Waals surface area contributed by atoms with Crippen LogP contribution in [0.25, 0.3) is 54.7 Å². The Bertz CT molecular complexity index is 6700. The summed E-state index contributed by atoms with van der Waals surface area (Å²) in [6, 6.07) is 43.0. The summed E-state index contributed by atoms with van der Waals surface area (Å²) in [5, 5.41) is 7.69. The number of benzene rings is 6. The standard InChI is InChI=1S/C29H31ClN4O4.C27H30ClN3O2.C26H31BrN4O3.C25H24BrN3O4S/c1-5-26(35)33-15-21(16-33)31(3)27(36)17-34-18(2)28(23-13-20(30)9-10-24(23)34)29(37)32-12-11-22-19(14-32)7-6-8-25(22)38-4;1-5-26(33)30-14-19(15-30)12-22(32)17-31-18(2)27(24-13-21(28)10-11-25(24)31)23-9-7-6-8-20(23)16-29(3)4;1-2-25(33)31-13-18(14-31)11-21(32)16-30-17-23(22-12-19(27)6-7-24(22)30)26(34)29-10-9-28-8-4-3-5-20(28)15-29;1-3-25(33)28-12-18(13-28)27-24(32)14-29-20-7-4-17(26)10-16(20)11-21(29)22(31)8-5-19-6-9-23(34-19)15(2)30/h5-10,13,21H,1,11-12,14-17H2,2-4H3;5-11,13,19H,1,12,14-17H2,2-4H3;2,6-7,12,17-18,20H,1,3-5,8-11,13-16H2;3-4,6-7,9-11,18H,1,5,8,12-14H2,2H3,(H,27,32). The number of carbonyl (C=O) groups excluding carboxylic acids is 12. The highest BCUT2D eigenvalue weighted by atomic mass is 79.9. The molecule has 7 aliphatic heterocycles. The third kappa shape index (κ3) is 23.0. The van der Waals surface area contributed by atoms with Gasteiger partial charge >= 0.3 is 0 Å². The van der Waals surface area contributed by atoms with Crippen molar-refractivity contribution in [2.75, 3.05) is 113 Å². The first kappa shape index (κ1) is 101. The Hall–Kier alpha value is -12.2. The van der Waals surface area contributed by atoms with Crippen LogP contribution in [0.15, 0.2) is 199 Å². The number of piperazine rings is 1. The Kier molecular flexibility index (Phi) is 32.4. The van der Waals surface area contributed by atoms with E-state index in [9.17, 15) is 57.5 Å². The van der Waals surface area contributed by atoms with Crippen LogP contribution in [0.1, 0.15) is 119 Å². The van der Waals surface area contributed by atoms with Crippen molar-refractivity contribution in [1.82, 2.24) is 67.7 Å². The van der Waals surface area contributed by atoms with E-state index in [2.05, 4.69) is 123 Å². The van der Waals surface area contributed by atoms with E-state index >= 15 is 0 Å². The highest BCUT2D eigenvalue weighted by Crippen LogP contribution is 2.41. The monoisotopic (exact) mass is 2060 g/mol. The molecule has 6 saturated heterocycles. The Morgan fingerprint density at radius 3 is 1.81 bits per heavy atom. The van der Waals surface area contributed by atoms with Crippen LogP contribution in [0.2, 0.25) is 10.0 Å². The summed E-state index contributed by atoms with van der Waals surface area (Å²) in [5.41, 5.74) is 12.7. The number of hydrogen-bond acceptors (Lipinski definition) is 16. The molecule has 6 fully saturated rings. The molecule has 139 heavy (non-hydrogen) atoms. The predicted molar refractivity (Wildman–Crippen MR) is 551 cm³/mol. The zero-order valence-electron chi connectivity index (χ0n) is 79.4. The summed E-state index contributed by atoms with van der Waals surface area (Å²) in [7, 11) is 7.54. The number of nitrogens with zero attached hydrogens (tertiary/aromatic N) is 13. The van der Waals surface area contributed by atoms with Gasteiger partial charge in [-0.1, -0.05) is 124 Å². The molecular weight excluding hydrogens is 1950 g/mol. The van der Waals surface area contributed by atoms with Gasteiger partial charge in [0, 0.05) is 232 Å². The summed E-state index contributed by atoms with van der Waals surface area (Å²) in [5.74, 6) is 0.743. The Balaban J connectivity index is 0.000000141. The molecule has 0 radical (unpaired) electrons. The van der Waals surface area contributed by atoms with Crippen LogP contribution in [0.5, 0.6) is 5.75 Å². The fourth-order valence-corrected chi connectivity index (χ4v) is 22.0. The number of ketones is 4. The number of amides is 8. The van der Waals surface area contributed by atoms with Crippen LogP contribution < -0.4 is 10.1 Å². The number of nitrogens with one attached hydrogen (secondary N) is 1. The molecule has 7 aliphatic rings. The maximum Gasteiger partial charge on any atom is 0.256 e. The highest BCUT2D eigenvalue weighted by Gasteiger charge is 2.40. The first-order valence-corrected chi connectivity index (χ1v) is 50.1. The molecule has 1 atom stereocenters. The van der Waals surface area contributed by atoms with E-state index < -0.39 is 0 Å². The minimum absolute atomic E-state index is 0.00555. The number of thiophene rings is 1. The van der Waals surface area contributed by atoms with Crippen molar-refractivity contribution >= 4 is 180 Å². The van der Waals surface area contributed by atoms with Crippen molar-refractivity contribution in [2.24, 2.45) is 11.8 Å². The summed E-state index contributed by atoms with van der Waals surface area (Å²) in [6.07, 6.45) is 13.1. The number of fused-ring (bicyclic) bond motifs is 6. The van der Waals surface area contributed by atoms with Gasteiger partial charge in [0.15, 0.2) is 23.1 Å². The van der Waals surface area contributed by atoms with E-state index in [4.69, 9.17) is 27.9 Å². The first-order chi connectivity index (χ1) is 66.7. The fourth-order valence-electron chi connectivity index (χ4n) is 20.0. The average molecular weight is 2070 g/mol. The van der Waals surface area contributed by atoms with Crippen molar-refractivity contribution < 1.29 is 62.3 Å². The normalized spacial score (nSPS) is 16.0. The lowest BCUT2D eigenvalue weighted by Gasteiger charge is -2.44. The maximum atomic E-state index is 13.9. The Morgan fingerprint density at radius 2 is 1.17 bits per heavy atom. The number of aryl methyl sites for hydroxylation is 1. The largest absolute Gasteiger partial charge is 0.496 e. The van der Waals surface area contributed by atoms with Crippen LogP contribution in [-0.4, -0.2) is 264 Å². The molecule has 0 bridgehead atoms. The van der Waals surface area contributed by atoms with Crippen molar-refractivity contribution in [2.45, 2.75) is 130 Å². The lowest BCUT2D eigenvalue weighted by atomic mass is 9.94. The van der Waals surface area contributed by atoms with Gasteiger partial charge in [-0.25, -0.2) is 0 Å². The molecule has 12 heterocycles. The number of methoxy groups -OCH3 is 1. The number of Topliss-reactive ketones (excluding diaryl/α,β-unsaturated/α-hetero) is 4. The lowest BCUT2D eigenvalue weighted by Crippen LogP contribution is -2.61. The molecule has 8 amide bonds. The SMILES string of the molecule is C=CC(=O)N1CC(CC(=O)Cn2c(C)c(-c3ccccc3CN(C)C)c3cc(Cl)ccc32)C1.C=CC(=O)N1CC(CC(=O)Cn2cc(C(=O)N3CCN4CCCCC4C3)c3cc(Br)ccc32)C1.C=CC(=O)N1CC(N(C)C(=O)Cn2c(C)c(C(=O)N3CCc4c(cccc4OC)C3)c3cc(Cl)ccc32)C1.C=CC(=O)N1CC(NC(=O)Cn2c(C(=O)CCc3ccc(C(C)=O)s3)cc3cc(Br)ccc32)C1. The molecule has 18 rings (SSSR count). The topological polar surface area (TPSA) is 275 Å². The molecule has 27 nitrogen and oxygen atoms in total. The van der Waals surface area contributed by atoms with Crippen molar-refractivity contribution in [3.63, 3.8) is 0 Å². The molecule has 1 N–H and O–H groups in total. The van der Waals surface area contributed by atoms with Crippen molar-refractivity contribution in [3.05, 3.63) is 264 Å². The van der Waals surface area contributed by atoms with E-state index in [-0.39, 0.29) is 120 Å². The number of likely N-dealkylation sites (N-methyl/N-ethyl adjacent to an activating group) is 1. The summed E-state index contributed by atoms with van der Waals surface area (Å²) in [6.45, 7) is 30.0.